The maximum atomic E-state index is 4.36. The molecule has 1 atom stereocenters. The Bertz CT molecular complexity index is 371. The molecule has 6 nitrogen and oxygen atoms in total. The summed E-state index contributed by atoms with van der Waals surface area (Å²) in [4.78, 5) is 14.9. The summed E-state index contributed by atoms with van der Waals surface area (Å²) < 4.78 is 0. The molecular formula is C11H22N6S. The van der Waals surface area contributed by atoms with Crippen molar-refractivity contribution in [2.24, 2.45) is 0 Å². The van der Waals surface area contributed by atoms with Crippen molar-refractivity contribution in [2.75, 3.05) is 49.0 Å². The van der Waals surface area contributed by atoms with Crippen LogP contribution < -0.4 is 15.5 Å². The van der Waals surface area contributed by atoms with Crippen molar-refractivity contribution < 1.29 is 0 Å². The summed E-state index contributed by atoms with van der Waals surface area (Å²) in [7, 11) is 3.83. The summed E-state index contributed by atoms with van der Waals surface area (Å²) >= 11 is 1.81. The summed E-state index contributed by atoms with van der Waals surface area (Å²) in [6.45, 7) is 5.81. The number of thioether (sulfide) groups is 1. The Balaban J connectivity index is 2.82. The molecule has 0 amide bonds. The number of aromatic nitrogens is 3. The molecule has 0 radical (unpaired) electrons. The predicted molar refractivity (Wildman–Crippen MR) is 79.8 cm³/mol. The van der Waals surface area contributed by atoms with Crippen LogP contribution in [0, 0.1) is 0 Å². The Hall–Kier alpha value is -1.24. The van der Waals surface area contributed by atoms with Crippen molar-refractivity contribution in [3.8, 4) is 0 Å². The zero-order valence-corrected chi connectivity index (χ0v) is 12.5. The number of rotatable bonds is 7. The second-order valence-corrected chi connectivity index (χ2v) is 5.41. The normalized spacial score (nSPS) is 12.1. The average Bonchev–Trinajstić information content (AvgIpc) is 2.36. The van der Waals surface area contributed by atoms with Gasteiger partial charge in [0.15, 0.2) is 0 Å². The zero-order valence-electron chi connectivity index (χ0n) is 11.7. The van der Waals surface area contributed by atoms with E-state index in [1.807, 2.05) is 37.7 Å². The maximum Gasteiger partial charge on any atom is 0.231 e. The lowest BCUT2D eigenvalue weighted by Crippen LogP contribution is -2.19. The van der Waals surface area contributed by atoms with Crippen LogP contribution in [0.4, 0.5) is 17.8 Å². The third-order valence-electron chi connectivity index (χ3n) is 2.31. The van der Waals surface area contributed by atoms with E-state index in [4.69, 9.17) is 0 Å². The first kappa shape index (κ1) is 14.8. The molecule has 0 aliphatic rings. The van der Waals surface area contributed by atoms with Gasteiger partial charge >= 0.3 is 0 Å². The second-order valence-electron chi connectivity index (χ2n) is 4.13. The van der Waals surface area contributed by atoms with E-state index < -0.39 is 0 Å². The fraction of sp³-hybridized carbons (Fsp3) is 0.727. The van der Waals surface area contributed by atoms with Gasteiger partial charge in [-0.25, -0.2) is 0 Å². The van der Waals surface area contributed by atoms with E-state index in [9.17, 15) is 0 Å². The summed E-state index contributed by atoms with van der Waals surface area (Å²) in [5.41, 5.74) is 0. The first-order valence-electron chi connectivity index (χ1n) is 6.00. The van der Waals surface area contributed by atoms with Crippen LogP contribution in [0.15, 0.2) is 0 Å². The molecule has 102 valence electrons. The Kier molecular flexibility index (Phi) is 5.97. The fourth-order valence-electron chi connectivity index (χ4n) is 1.20. The van der Waals surface area contributed by atoms with Crippen molar-refractivity contribution in [1.29, 1.82) is 0 Å². The summed E-state index contributed by atoms with van der Waals surface area (Å²) in [6.07, 6.45) is 2.09. The van der Waals surface area contributed by atoms with Gasteiger partial charge in [-0.3, -0.25) is 0 Å². The van der Waals surface area contributed by atoms with E-state index in [0.29, 0.717) is 23.1 Å². The standard InChI is InChI=1S/C11H22N6S/c1-6-12-9-14-10(13-7-8(2)18-5)16-11(15-9)17(3)4/h8H,6-7H2,1-5H3,(H2,12,13,14,15,16). The number of hydrogen-bond acceptors (Lipinski definition) is 7. The van der Waals surface area contributed by atoms with Crippen molar-refractivity contribution in [3.63, 3.8) is 0 Å². The van der Waals surface area contributed by atoms with Gasteiger partial charge < -0.3 is 15.5 Å². The molecular weight excluding hydrogens is 248 g/mol. The van der Waals surface area contributed by atoms with E-state index in [1.165, 1.54) is 0 Å². The fourth-order valence-corrected chi connectivity index (χ4v) is 1.45. The quantitative estimate of drug-likeness (QED) is 0.779. The van der Waals surface area contributed by atoms with Gasteiger partial charge in [0.1, 0.15) is 0 Å². The SMILES string of the molecule is CCNc1nc(NCC(C)SC)nc(N(C)C)n1. The molecule has 0 aliphatic heterocycles. The first-order valence-corrected chi connectivity index (χ1v) is 7.29. The Morgan fingerprint density at radius 2 is 1.78 bits per heavy atom. The van der Waals surface area contributed by atoms with Gasteiger partial charge in [-0.2, -0.15) is 26.7 Å². The van der Waals surface area contributed by atoms with Crippen LogP contribution in [-0.2, 0) is 0 Å². The van der Waals surface area contributed by atoms with E-state index in [1.54, 1.807) is 0 Å². The third-order valence-corrected chi connectivity index (χ3v) is 3.28. The molecule has 1 aromatic heterocycles. The lowest BCUT2D eigenvalue weighted by atomic mass is 10.5. The lowest BCUT2D eigenvalue weighted by Gasteiger charge is -2.15. The van der Waals surface area contributed by atoms with E-state index >= 15 is 0 Å². The van der Waals surface area contributed by atoms with Crippen LogP contribution in [0.5, 0.6) is 0 Å². The number of anilines is 3. The molecule has 0 bridgehead atoms. The molecule has 0 aliphatic carbocycles. The van der Waals surface area contributed by atoms with Crippen LogP contribution in [0.1, 0.15) is 13.8 Å². The zero-order chi connectivity index (χ0) is 13.5. The highest BCUT2D eigenvalue weighted by molar-refractivity contribution is 7.99. The number of hydrogen-bond donors (Lipinski definition) is 2. The van der Waals surface area contributed by atoms with E-state index in [0.717, 1.165) is 13.1 Å². The van der Waals surface area contributed by atoms with E-state index in [2.05, 4.69) is 38.8 Å². The summed E-state index contributed by atoms with van der Waals surface area (Å²) in [5, 5.41) is 6.87. The van der Waals surface area contributed by atoms with Crippen LogP contribution in [0.25, 0.3) is 0 Å². The highest BCUT2D eigenvalue weighted by atomic mass is 32.2. The van der Waals surface area contributed by atoms with Crippen molar-refractivity contribution in [2.45, 2.75) is 19.1 Å². The van der Waals surface area contributed by atoms with Gasteiger partial charge in [0.05, 0.1) is 0 Å². The summed E-state index contributed by atoms with van der Waals surface area (Å²) in [6, 6.07) is 0. The molecule has 1 unspecified atom stereocenters. The van der Waals surface area contributed by atoms with Gasteiger partial charge in [-0.05, 0) is 13.2 Å². The van der Waals surface area contributed by atoms with Gasteiger partial charge in [0.2, 0.25) is 17.8 Å². The molecule has 0 saturated heterocycles. The third kappa shape index (κ3) is 4.56. The molecule has 0 aromatic carbocycles. The van der Waals surface area contributed by atoms with E-state index in [-0.39, 0.29) is 0 Å². The monoisotopic (exact) mass is 270 g/mol. The predicted octanol–water partition coefficient (Wildman–Crippen LogP) is 1.53. The molecule has 2 N–H and O–H groups in total. The topological polar surface area (TPSA) is 66.0 Å². The Morgan fingerprint density at radius 1 is 1.17 bits per heavy atom. The lowest BCUT2D eigenvalue weighted by molar-refractivity contribution is 0.921. The largest absolute Gasteiger partial charge is 0.354 e. The Labute approximate surface area is 113 Å². The molecule has 7 heteroatoms. The number of nitrogens with one attached hydrogen (secondary N) is 2. The molecule has 1 rings (SSSR count). The number of nitrogens with zero attached hydrogens (tertiary/aromatic N) is 4. The smallest absolute Gasteiger partial charge is 0.231 e. The second kappa shape index (κ2) is 7.25. The highest BCUT2D eigenvalue weighted by Crippen LogP contribution is 2.12. The molecule has 18 heavy (non-hydrogen) atoms. The van der Waals surface area contributed by atoms with Crippen LogP contribution in [-0.4, -0.2) is 53.6 Å². The minimum atomic E-state index is 0.521. The van der Waals surface area contributed by atoms with Gasteiger partial charge in [-0.15, -0.1) is 0 Å². The molecule has 1 heterocycles. The van der Waals surface area contributed by atoms with Crippen molar-refractivity contribution in [1.82, 2.24) is 15.0 Å². The molecule has 0 saturated carbocycles. The molecule has 1 aromatic rings. The van der Waals surface area contributed by atoms with Crippen molar-refractivity contribution >= 4 is 29.6 Å². The molecule has 0 spiro atoms. The maximum absolute atomic E-state index is 4.36. The van der Waals surface area contributed by atoms with Gasteiger partial charge in [-0.1, -0.05) is 6.92 Å². The molecule has 0 fully saturated rings. The van der Waals surface area contributed by atoms with Gasteiger partial charge in [0.25, 0.3) is 0 Å². The average molecular weight is 270 g/mol. The Morgan fingerprint density at radius 3 is 2.28 bits per heavy atom. The highest BCUT2D eigenvalue weighted by Gasteiger charge is 2.08. The van der Waals surface area contributed by atoms with Crippen LogP contribution >= 0.6 is 11.8 Å². The summed E-state index contributed by atoms with van der Waals surface area (Å²) in [5.74, 6) is 1.88. The minimum Gasteiger partial charge on any atom is -0.354 e. The minimum absolute atomic E-state index is 0.521. The van der Waals surface area contributed by atoms with Crippen LogP contribution in [0.2, 0.25) is 0 Å². The van der Waals surface area contributed by atoms with Crippen molar-refractivity contribution in [3.05, 3.63) is 0 Å². The van der Waals surface area contributed by atoms with Gasteiger partial charge in [0, 0.05) is 32.4 Å². The van der Waals surface area contributed by atoms with Crippen LogP contribution in [0.3, 0.4) is 0 Å². The first-order chi connectivity index (χ1) is 8.56.